The van der Waals surface area contributed by atoms with Gasteiger partial charge >= 0.3 is 0 Å². The number of allylic oxidation sites excluding steroid dienone is 3. The predicted molar refractivity (Wildman–Crippen MR) is 111 cm³/mol. The van der Waals surface area contributed by atoms with Crippen LogP contribution in [0.2, 0.25) is 0 Å². The molecule has 1 fully saturated rings. The SMILES string of the molecule is CC.CC(=N)c1ccc(/C(C=N)=C/C/C=C/C2CCCCO2)cc1N.[HH]. The lowest BCUT2D eigenvalue weighted by molar-refractivity contribution is 0.0465. The topological polar surface area (TPSA) is 83.0 Å². The van der Waals surface area contributed by atoms with E-state index in [9.17, 15) is 0 Å². The van der Waals surface area contributed by atoms with E-state index in [2.05, 4.69) is 12.2 Å². The molecule has 2 rings (SSSR count). The number of anilines is 1. The van der Waals surface area contributed by atoms with Gasteiger partial charge in [0.2, 0.25) is 0 Å². The van der Waals surface area contributed by atoms with E-state index in [0.717, 1.165) is 42.6 Å². The molecule has 0 saturated carbocycles. The summed E-state index contributed by atoms with van der Waals surface area (Å²) in [4.78, 5) is 0. The molecule has 0 spiro atoms. The fraction of sp³-hybridized carbons (Fsp3) is 0.429. The third-order valence-electron chi connectivity index (χ3n) is 3.98. The second-order valence-corrected chi connectivity index (χ2v) is 5.80. The molecule has 4 nitrogen and oxygen atoms in total. The van der Waals surface area contributed by atoms with Gasteiger partial charge in [-0.15, -0.1) is 0 Å². The zero-order valence-corrected chi connectivity index (χ0v) is 15.6. The van der Waals surface area contributed by atoms with E-state index in [-0.39, 0.29) is 7.53 Å². The molecule has 1 heterocycles. The Bertz CT molecular complexity index is 632. The Morgan fingerprint density at radius 3 is 2.68 bits per heavy atom. The first-order chi connectivity index (χ1) is 12.1. The van der Waals surface area contributed by atoms with Crippen LogP contribution in [0.5, 0.6) is 0 Å². The van der Waals surface area contributed by atoms with Crippen molar-refractivity contribution < 1.29 is 6.16 Å². The summed E-state index contributed by atoms with van der Waals surface area (Å²) in [6, 6.07) is 5.59. The van der Waals surface area contributed by atoms with Crippen molar-refractivity contribution >= 4 is 23.2 Å². The summed E-state index contributed by atoms with van der Waals surface area (Å²) in [5.41, 5.74) is 9.50. The van der Waals surface area contributed by atoms with E-state index in [1.165, 1.54) is 12.6 Å². The number of hydrogen-bond acceptors (Lipinski definition) is 4. The van der Waals surface area contributed by atoms with Crippen molar-refractivity contribution in [1.82, 2.24) is 0 Å². The van der Waals surface area contributed by atoms with Crippen LogP contribution in [0.25, 0.3) is 5.57 Å². The van der Waals surface area contributed by atoms with Crippen LogP contribution in [0.3, 0.4) is 0 Å². The van der Waals surface area contributed by atoms with Gasteiger partial charge in [0.05, 0.1) is 6.10 Å². The van der Waals surface area contributed by atoms with E-state index in [1.54, 1.807) is 6.92 Å². The van der Waals surface area contributed by atoms with Crippen LogP contribution < -0.4 is 5.73 Å². The van der Waals surface area contributed by atoms with Gasteiger partial charge in [-0.25, -0.2) is 0 Å². The Morgan fingerprint density at radius 2 is 2.12 bits per heavy atom. The third kappa shape index (κ3) is 6.67. The molecule has 1 aliphatic rings. The molecule has 0 bridgehead atoms. The van der Waals surface area contributed by atoms with Gasteiger partial charge in [-0.3, -0.25) is 0 Å². The highest BCUT2D eigenvalue weighted by Gasteiger charge is 2.09. The van der Waals surface area contributed by atoms with Gasteiger partial charge in [-0.05, 0) is 49.8 Å². The molecule has 1 atom stereocenters. The second kappa shape index (κ2) is 11.4. The highest BCUT2D eigenvalue weighted by atomic mass is 16.5. The summed E-state index contributed by atoms with van der Waals surface area (Å²) in [7, 11) is 0. The molecule has 1 aliphatic heterocycles. The van der Waals surface area contributed by atoms with Crippen LogP contribution >= 0.6 is 0 Å². The normalized spacial score (nSPS) is 17.7. The van der Waals surface area contributed by atoms with Crippen LogP contribution in [0, 0.1) is 10.8 Å². The Morgan fingerprint density at radius 1 is 1.36 bits per heavy atom. The van der Waals surface area contributed by atoms with Crippen molar-refractivity contribution in [3.8, 4) is 0 Å². The number of nitrogens with two attached hydrogens (primary N) is 1. The number of benzene rings is 1. The van der Waals surface area contributed by atoms with E-state index in [1.807, 2.05) is 38.1 Å². The average molecular weight is 344 g/mol. The van der Waals surface area contributed by atoms with Gasteiger partial charge in [-0.2, -0.15) is 0 Å². The standard InChI is InChI=1S/C19H25N3O.C2H6.H2/c1-14(21)18-10-9-15(12-19(18)22)16(13-20)6-2-3-7-17-8-4-5-11-23-17;1-2;/h3,6-7,9-10,12-13,17,20-21H,2,4-5,8,11,22H2,1H3;1-2H3;1H/b7-3+,16-6+,20-13?,21-14?;;. The maximum atomic E-state index is 7.67. The molecule has 25 heavy (non-hydrogen) atoms. The first kappa shape index (κ1) is 20.8. The number of nitrogen functional groups attached to an aromatic ring is 1. The smallest absolute Gasteiger partial charge is 0.0755 e. The lowest BCUT2D eigenvalue weighted by Crippen LogP contribution is -2.16. The van der Waals surface area contributed by atoms with Crippen molar-refractivity contribution in [3.63, 3.8) is 0 Å². The highest BCUT2D eigenvalue weighted by Crippen LogP contribution is 2.21. The molecule has 138 valence electrons. The van der Waals surface area contributed by atoms with Crippen LogP contribution in [-0.4, -0.2) is 24.6 Å². The Balaban J connectivity index is 0.00000201. The van der Waals surface area contributed by atoms with E-state index in [0.29, 0.717) is 11.4 Å². The van der Waals surface area contributed by atoms with E-state index >= 15 is 0 Å². The van der Waals surface area contributed by atoms with E-state index in [4.69, 9.17) is 21.3 Å². The molecule has 4 N–H and O–H groups in total. The summed E-state index contributed by atoms with van der Waals surface area (Å²) in [5, 5.41) is 15.3. The summed E-state index contributed by atoms with van der Waals surface area (Å²) >= 11 is 0. The van der Waals surface area contributed by atoms with Gasteiger partial charge in [0.25, 0.3) is 0 Å². The zero-order chi connectivity index (χ0) is 18.7. The van der Waals surface area contributed by atoms with Gasteiger partial charge in [0.15, 0.2) is 0 Å². The summed E-state index contributed by atoms with van der Waals surface area (Å²) < 4.78 is 5.66. The predicted octanol–water partition coefficient (Wildman–Crippen LogP) is 5.48. The second-order valence-electron chi connectivity index (χ2n) is 5.80. The minimum atomic E-state index is 0. The van der Waals surface area contributed by atoms with Gasteiger partial charge in [0.1, 0.15) is 0 Å². The lowest BCUT2D eigenvalue weighted by atomic mass is 10.0. The molecular weight excluding hydrogens is 310 g/mol. The molecule has 4 heteroatoms. The van der Waals surface area contributed by atoms with Crippen molar-refractivity contribution in [2.45, 2.75) is 52.6 Å². The summed E-state index contributed by atoms with van der Waals surface area (Å²) in [5.74, 6) is 0. The van der Waals surface area contributed by atoms with Gasteiger partial charge in [0, 0.05) is 31.2 Å². The molecule has 1 unspecified atom stereocenters. The van der Waals surface area contributed by atoms with Crippen LogP contribution in [0.15, 0.2) is 36.4 Å². The lowest BCUT2D eigenvalue weighted by Gasteiger charge is -2.19. The fourth-order valence-corrected chi connectivity index (χ4v) is 2.69. The Kier molecular flexibility index (Phi) is 9.48. The summed E-state index contributed by atoms with van der Waals surface area (Å²) in [6.07, 6.45) is 12.1. The molecule has 0 radical (unpaired) electrons. The number of nitrogens with one attached hydrogen (secondary N) is 2. The molecular formula is C21H33N3O. The monoisotopic (exact) mass is 343 g/mol. The first-order valence-corrected chi connectivity index (χ1v) is 9.06. The Labute approximate surface area is 153 Å². The molecule has 1 aromatic rings. The third-order valence-corrected chi connectivity index (χ3v) is 3.98. The molecule has 1 saturated heterocycles. The van der Waals surface area contributed by atoms with Crippen molar-refractivity contribution in [1.29, 1.82) is 10.8 Å². The Hall–Kier alpha value is -2.20. The number of hydrogen-bond donors (Lipinski definition) is 3. The zero-order valence-electron chi connectivity index (χ0n) is 15.6. The molecule has 1 aromatic carbocycles. The van der Waals surface area contributed by atoms with Crippen molar-refractivity contribution in [2.24, 2.45) is 0 Å². The number of rotatable bonds is 6. The van der Waals surface area contributed by atoms with Crippen LogP contribution in [0.1, 0.15) is 59.0 Å². The van der Waals surface area contributed by atoms with E-state index < -0.39 is 0 Å². The number of ether oxygens (including phenoxy) is 1. The maximum Gasteiger partial charge on any atom is 0.0755 e. The summed E-state index contributed by atoms with van der Waals surface area (Å²) in [6.45, 7) is 6.57. The first-order valence-electron chi connectivity index (χ1n) is 9.06. The van der Waals surface area contributed by atoms with Crippen molar-refractivity contribution in [3.05, 3.63) is 47.6 Å². The quantitative estimate of drug-likeness (QED) is 0.363. The highest BCUT2D eigenvalue weighted by molar-refractivity contribution is 6.09. The van der Waals surface area contributed by atoms with Crippen LogP contribution in [0.4, 0.5) is 5.69 Å². The molecule has 0 aromatic heterocycles. The van der Waals surface area contributed by atoms with Crippen LogP contribution in [-0.2, 0) is 4.74 Å². The fourth-order valence-electron chi connectivity index (χ4n) is 2.69. The minimum Gasteiger partial charge on any atom is -0.398 e. The van der Waals surface area contributed by atoms with Crippen molar-refractivity contribution in [2.75, 3.05) is 12.3 Å². The molecule has 0 aliphatic carbocycles. The average Bonchev–Trinajstić information content (AvgIpc) is 2.64. The minimum absolute atomic E-state index is 0. The maximum absolute atomic E-state index is 7.67. The van der Waals surface area contributed by atoms with Gasteiger partial charge in [-0.1, -0.05) is 44.2 Å². The molecule has 0 amide bonds. The largest absolute Gasteiger partial charge is 0.398 e. The van der Waals surface area contributed by atoms with Gasteiger partial charge < -0.3 is 21.3 Å².